The van der Waals surface area contributed by atoms with Crippen LogP contribution in [0.5, 0.6) is 0 Å². The molecule has 0 aromatic carbocycles. The summed E-state index contributed by atoms with van der Waals surface area (Å²) in [6.07, 6.45) is 3.21. The largest absolute Gasteiger partial charge is 0.309 e. The van der Waals surface area contributed by atoms with Crippen molar-refractivity contribution in [2.45, 2.75) is 51.5 Å². The van der Waals surface area contributed by atoms with Gasteiger partial charge >= 0.3 is 0 Å². The Morgan fingerprint density at radius 3 is 2.31 bits per heavy atom. The summed E-state index contributed by atoms with van der Waals surface area (Å²) < 4.78 is 25.2. The molecule has 0 bridgehead atoms. The second-order valence-electron chi connectivity index (χ2n) is 3.82. The van der Waals surface area contributed by atoms with Crippen LogP contribution in [0.2, 0.25) is 0 Å². The third-order valence-corrected chi connectivity index (χ3v) is 2.87. The molecule has 13 heavy (non-hydrogen) atoms. The summed E-state index contributed by atoms with van der Waals surface area (Å²) in [6, 6.07) is -0.565. The maximum atomic E-state index is 12.6. The van der Waals surface area contributed by atoms with Gasteiger partial charge in [-0.3, -0.25) is 0 Å². The van der Waals surface area contributed by atoms with E-state index < -0.39 is 12.5 Å². The zero-order valence-corrected chi connectivity index (χ0v) is 8.23. The summed E-state index contributed by atoms with van der Waals surface area (Å²) in [5.41, 5.74) is 0. The average molecular weight is 191 g/mol. The van der Waals surface area contributed by atoms with Crippen molar-refractivity contribution in [3.05, 3.63) is 0 Å². The van der Waals surface area contributed by atoms with Gasteiger partial charge in [0.2, 0.25) is 0 Å². The average Bonchev–Trinajstić information content (AvgIpc) is 2.15. The van der Waals surface area contributed by atoms with Crippen LogP contribution in [0, 0.1) is 5.92 Å². The SMILES string of the molecule is CCNC(C(F)F)C1CCCCC1. The van der Waals surface area contributed by atoms with Crippen LogP contribution in [0.3, 0.4) is 0 Å². The summed E-state index contributed by atoms with van der Waals surface area (Å²) >= 11 is 0. The maximum absolute atomic E-state index is 12.6. The van der Waals surface area contributed by atoms with Crippen molar-refractivity contribution in [2.24, 2.45) is 5.92 Å². The van der Waals surface area contributed by atoms with Gasteiger partial charge in [-0.2, -0.15) is 0 Å². The lowest BCUT2D eigenvalue weighted by Crippen LogP contribution is -2.42. The molecule has 0 saturated heterocycles. The van der Waals surface area contributed by atoms with E-state index in [1.165, 1.54) is 6.42 Å². The molecule has 0 heterocycles. The molecule has 1 unspecified atom stereocenters. The van der Waals surface area contributed by atoms with Gasteiger partial charge in [0.15, 0.2) is 0 Å². The van der Waals surface area contributed by atoms with Crippen LogP contribution >= 0.6 is 0 Å². The molecule has 1 saturated carbocycles. The highest BCUT2D eigenvalue weighted by Crippen LogP contribution is 2.28. The number of rotatable bonds is 4. The van der Waals surface area contributed by atoms with E-state index in [1.807, 2.05) is 6.92 Å². The zero-order valence-electron chi connectivity index (χ0n) is 8.23. The standard InChI is InChI=1S/C10H19F2N/c1-2-13-9(10(11)12)8-6-4-3-5-7-8/h8-10,13H,2-7H2,1H3. The van der Waals surface area contributed by atoms with Crippen molar-refractivity contribution in [3.63, 3.8) is 0 Å². The van der Waals surface area contributed by atoms with Gasteiger partial charge in [0, 0.05) is 0 Å². The summed E-state index contributed by atoms with van der Waals surface area (Å²) in [7, 11) is 0. The van der Waals surface area contributed by atoms with E-state index in [2.05, 4.69) is 5.32 Å². The zero-order chi connectivity index (χ0) is 9.68. The van der Waals surface area contributed by atoms with E-state index in [9.17, 15) is 8.78 Å². The lowest BCUT2D eigenvalue weighted by molar-refractivity contribution is 0.0586. The van der Waals surface area contributed by atoms with Crippen molar-refractivity contribution >= 4 is 0 Å². The topological polar surface area (TPSA) is 12.0 Å². The number of hydrogen-bond acceptors (Lipinski definition) is 1. The van der Waals surface area contributed by atoms with Crippen LogP contribution in [0.4, 0.5) is 8.78 Å². The molecule has 1 N–H and O–H groups in total. The van der Waals surface area contributed by atoms with E-state index in [0.29, 0.717) is 6.54 Å². The minimum absolute atomic E-state index is 0.202. The molecule has 1 nitrogen and oxygen atoms in total. The van der Waals surface area contributed by atoms with Crippen molar-refractivity contribution in [1.29, 1.82) is 0 Å². The number of hydrogen-bond donors (Lipinski definition) is 1. The predicted molar refractivity (Wildman–Crippen MR) is 50.0 cm³/mol. The molecule has 1 atom stereocenters. The predicted octanol–water partition coefficient (Wildman–Crippen LogP) is 2.81. The molecule has 0 radical (unpaired) electrons. The maximum Gasteiger partial charge on any atom is 0.253 e. The van der Waals surface area contributed by atoms with Crippen molar-refractivity contribution in [3.8, 4) is 0 Å². The first-order valence-corrected chi connectivity index (χ1v) is 5.27. The highest BCUT2D eigenvalue weighted by molar-refractivity contribution is 4.80. The molecule has 1 fully saturated rings. The Balaban J connectivity index is 2.41. The van der Waals surface area contributed by atoms with Crippen LogP contribution in [0.1, 0.15) is 39.0 Å². The van der Waals surface area contributed by atoms with Gasteiger partial charge in [0.25, 0.3) is 6.43 Å². The van der Waals surface area contributed by atoms with Crippen molar-refractivity contribution in [1.82, 2.24) is 5.32 Å². The minimum Gasteiger partial charge on any atom is -0.309 e. The summed E-state index contributed by atoms with van der Waals surface area (Å²) in [5.74, 6) is 0.202. The first kappa shape index (κ1) is 10.9. The highest BCUT2D eigenvalue weighted by Gasteiger charge is 2.29. The third kappa shape index (κ3) is 3.22. The van der Waals surface area contributed by atoms with Crippen LogP contribution in [0.15, 0.2) is 0 Å². The number of nitrogens with one attached hydrogen (secondary N) is 1. The van der Waals surface area contributed by atoms with Crippen LogP contribution in [-0.2, 0) is 0 Å². The second kappa shape index (κ2) is 5.53. The Bertz CT molecular complexity index is 133. The first-order valence-electron chi connectivity index (χ1n) is 5.27. The van der Waals surface area contributed by atoms with Gasteiger partial charge in [0.1, 0.15) is 0 Å². The van der Waals surface area contributed by atoms with Crippen molar-refractivity contribution < 1.29 is 8.78 Å². The van der Waals surface area contributed by atoms with E-state index in [0.717, 1.165) is 25.7 Å². The first-order chi connectivity index (χ1) is 6.25. The quantitative estimate of drug-likeness (QED) is 0.720. The molecule has 78 valence electrons. The molecule has 0 amide bonds. The molecule has 1 rings (SSSR count). The Kier molecular flexibility index (Phi) is 4.64. The van der Waals surface area contributed by atoms with E-state index in [4.69, 9.17) is 0 Å². The van der Waals surface area contributed by atoms with Gasteiger partial charge in [-0.1, -0.05) is 26.2 Å². The summed E-state index contributed by atoms with van der Waals surface area (Å²) in [6.45, 7) is 2.53. The monoisotopic (exact) mass is 191 g/mol. The van der Waals surface area contributed by atoms with Crippen LogP contribution < -0.4 is 5.32 Å². The van der Waals surface area contributed by atoms with E-state index in [1.54, 1.807) is 0 Å². The Labute approximate surface area is 78.9 Å². The number of alkyl halides is 2. The molecule has 0 aromatic rings. The van der Waals surface area contributed by atoms with E-state index in [-0.39, 0.29) is 5.92 Å². The Hall–Kier alpha value is -0.180. The number of halogens is 2. The lowest BCUT2D eigenvalue weighted by atomic mass is 9.84. The molecule has 0 aromatic heterocycles. The van der Waals surface area contributed by atoms with Gasteiger partial charge in [0.05, 0.1) is 6.04 Å². The van der Waals surface area contributed by atoms with Gasteiger partial charge in [-0.05, 0) is 25.3 Å². The molecule has 1 aliphatic rings. The molecular formula is C10H19F2N. The van der Waals surface area contributed by atoms with Gasteiger partial charge in [-0.15, -0.1) is 0 Å². The Morgan fingerprint density at radius 1 is 1.23 bits per heavy atom. The second-order valence-corrected chi connectivity index (χ2v) is 3.82. The van der Waals surface area contributed by atoms with Gasteiger partial charge in [-0.25, -0.2) is 8.78 Å². The molecule has 0 spiro atoms. The minimum atomic E-state index is -2.21. The van der Waals surface area contributed by atoms with E-state index >= 15 is 0 Å². The molecule has 3 heteroatoms. The Morgan fingerprint density at radius 2 is 1.85 bits per heavy atom. The van der Waals surface area contributed by atoms with Gasteiger partial charge < -0.3 is 5.32 Å². The summed E-state index contributed by atoms with van der Waals surface area (Å²) in [5, 5.41) is 2.90. The normalized spacial score (nSPS) is 22.2. The highest BCUT2D eigenvalue weighted by atomic mass is 19.3. The molecular weight excluding hydrogens is 172 g/mol. The van der Waals surface area contributed by atoms with Crippen molar-refractivity contribution in [2.75, 3.05) is 6.54 Å². The molecule has 0 aliphatic heterocycles. The molecule has 1 aliphatic carbocycles. The fourth-order valence-corrected chi connectivity index (χ4v) is 2.19. The smallest absolute Gasteiger partial charge is 0.253 e. The lowest BCUT2D eigenvalue weighted by Gasteiger charge is -2.30. The van der Waals surface area contributed by atoms with Crippen LogP contribution in [-0.4, -0.2) is 19.0 Å². The van der Waals surface area contributed by atoms with Crippen LogP contribution in [0.25, 0.3) is 0 Å². The third-order valence-electron chi connectivity index (χ3n) is 2.87. The fraction of sp³-hybridized carbons (Fsp3) is 1.00. The summed E-state index contributed by atoms with van der Waals surface area (Å²) in [4.78, 5) is 0. The fourth-order valence-electron chi connectivity index (χ4n) is 2.19.